The highest BCUT2D eigenvalue weighted by Crippen LogP contribution is 2.17. The fourth-order valence-corrected chi connectivity index (χ4v) is 5.53. The summed E-state index contributed by atoms with van der Waals surface area (Å²) in [7, 11) is 4.30. The molecule has 0 saturated heterocycles. The average Bonchev–Trinajstić information content (AvgIpc) is 3.08. The van der Waals surface area contributed by atoms with Gasteiger partial charge in [-0.05, 0) is 97.1 Å². The molecule has 0 aliphatic carbocycles. The van der Waals surface area contributed by atoms with E-state index >= 15 is 0 Å². The Hall–Kier alpha value is -2.08. The van der Waals surface area contributed by atoms with Crippen LogP contribution in [0.1, 0.15) is 162 Å². The van der Waals surface area contributed by atoms with Gasteiger partial charge in [0.25, 0.3) is 0 Å². The van der Waals surface area contributed by atoms with Gasteiger partial charge in [0.05, 0.1) is 0 Å². The molecule has 0 aromatic rings. The summed E-state index contributed by atoms with van der Waals surface area (Å²) in [5, 5.41) is 3.29. The Bertz CT molecular complexity index is 862. The van der Waals surface area contributed by atoms with E-state index in [9.17, 15) is 0 Å². The minimum absolute atomic E-state index is 0.684. The first-order chi connectivity index (χ1) is 23.2. The van der Waals surface area contributed by atoms with Crippen LogP contribution < -0.4 is 5.32 Å². The average molecular weight is 647 g/mol. The highest BCUT2D eigenvalue weighted by atomic mass is 15.1. The molecule has 1 atom stereocenters. The van der Waals surface area contributed by atoms with Crippen LogP contribution in [0.5, 0.6) is 0 Å². The second kappa shape index (κ2) is 40.1. The molecule has 0 spiro atoms. The third kappa shape index (κ3) is 38.2. The molecular weight excluding hydrogens is 569 g/mol. The molecule has 0 bridgehead atoms. The Morgan fingerprint density at radius 3 is 1.74 bits per heavy atom. The van der Waals surface area contributed by atoms with Gasteiger partial charge in [-0.1, -0.05) is 150 Å². The van der Waals surface area contributed by atoms with Gasteiger partial charge < -0.3 is 10.2 Å². The molecule has 1 N–H and O–H groups in total. The highest BCUT2D eigenvalue weighted by Gasteiger charge is 2.10. The molecule has 0 rings (SSSR count). The number of hydrogen-bond donors (Lipinski definition) is 1. The highest BCUT2D eigenvalue weighted by molar-refractivity contribution is 5.06. The van der Waals surface area contributed by atoms with Crippen LogP contribution in [0.2, 0.25) is 0 Å². The van der Waals surface area contributed by atoms with E-state index in [-0.39, 0.29) is 0 Å². The zero-order chi connectivity index (χ0) is 34.1. The maximum atomic E-state index is 3.53. The maximum Gasteiger partial charge on any atom is 0.0269 e. The molecule has 0 amide bonds. The molecule has 0 fully saturated rings. The Balaban J connectivity index is 4.04. The number of rotatable bonds is 33. The van der Waals surface area contributed by atoms with Gasteiger partial charge in [0.1, 0.15) is 0 Å². The summed E-state index contributed by atoms with van der Waals surface area (Å²) >= 11 is 0. The SMILES string of the molecule is CCCC/C=C/C=C\C/C=C\CCCCCCCCC(CC#CCC=CCCCC/C=C\C/C=C\CCCCC)CN(C)CCNC. The van der Waals surface area contributed by atoms with Crippen molar-refractivity contribution in [3.63, 3.8) is 0 Å². The molecule has 1 unspecified atom stereocenters. The van der Waals surface area contributed by atoms with Gasteiger partial charge in [-0.3, -0.25) is 0 Å². The van der Waals surface area contributed by atoms with Crippen LogP contribution in [-0.4, -0.2) is 38.6 Å². The van der Waals surface area contributed by atoms with E-state index in [0.717, 1.165) is 45.3 Å². The van der Waals surface area contributed by atoms with E-state index in [1.54, 1.807) is 0 Å². The molecule has 2 nitrogen and oxygen atoms in total. The topological polar surface area (TPSA) is 15.3 Å². The van der Waals surface area contributed by atoms with Gasteiger partial charge in [0, 0.05) is 32.5 Å². The minimum Gasteiger partial charge on any atom is -0.318 e. The molecule has 0 aromatic heterocycles. The molecule has 268 valence electrons. The van der Waals surface area contributed by atoms with Crippen molar-refractivity contribution < 1.29 is 0 Å². The van der Waals surface area contributed by atoms with Crippen molar-refractivity contribution in [1.82, 2.24) is 10.2 Å². The second-order valence-electron chi connectivity index (χ2n) is 13.3. The van der Waals surface area contributed by atoms with E-state index in [0.29, 0.717) is 5.92 Å². The summed E-state index contributed by atoms with van der Waals surface area (Å²) in [6, 6.07) is 0. The summed E-state index contributed by atoms with van der Waals surface area (Å²) in [5.74, 6) is 7.66. The standard InChI is InChI=1S/C45H78N2/c1-5-7-9-11-13-15-17-19-21-23-25-27-29-31-33-35-37-39-41-45(44-47(4)43-42-46-3)40-38-36-34-32-30-28-26-24-22-20-18-16-14-12-10-8-6-2/h12-16,18-19,21-22,24,31,33,45-46H,5-11,17,20,23,25-30,32,34-36,38,40-44H2,1-4H3/b14-12+,15-13-,18-16-,21-19-,24-22-,33-31?. The van der Waals surface area contributed by atoms with E-state index < -0.39 is 0 Å². The molecule has 0 aromatic carbocycles. The van der Waals surface area contributed by atoms with Gasteiger partial charge in [-0.2, -0.15) is 0 Å². The van der Waals surface area contributed by atoms with Gasteiger partial charge >= 0.3 is 0 Å². The fourth-order valence-electron chi connectivity index (χ4n) is 5.53. The summed E-state index contributed by atoms with van der Waals surface area (Å²) in [5.41, 5.74) is 0. The van der Waals surface area contributed by atoms with Crippen molar-refractivity contribution in [3.8, 4) is 11.8 Å². The normalized spacial score (nSPS) is 13.1. The van der Waals surface area contributed by atoms with Gasteiger partial charge in [-0.15, -0.1) is 5.92 Å². The largest absolute Gasteiger partial charge is 0.318 e. The first-order valence-corrected chi connectivity index (χ1v) is 19.9. The van der Waals surface area contributed by atoms with Crippen LogP contribution in [0.3, 0.4) is 0 Å². The Morgan fingerprint density at radius 1 is 0.553 bits per heavy atom. The zero-order valence-corrected chi connectivity index (χ0v) is 31.8. The number of allylic oxidation sites excluding steroid dienone is 12. The van der Waals surface area contributed by atoms with Crippen LogP contribution >= 0.6 is 0 Å². The van der Waals surface area contributed by atoms with E-state index in [1.807, 2.05) is 7.05 Å². The van der Waals surface area contributed by atoms with Gasteiger partial charge in [-0.25, -0.2) is 0 Å². The van der Waals surface area contributed by atoms with Crippen LogP contribution in [-0.2, 0) is 0 Å². The Labute approximate surface area is 295 Å². The van der Waals surface area contributed by atoms with Crippen molar-refractivity contribution in [1.29, 1.82) is 0 Å². The predicted molar refractivity (Wildman–Crippen MR) is 215 cm³/mol. The smallest absolute Gasteiger partial charge is 0.0269 e. The first kappa shape index (κ1) is 44.9. The molecule has 2 heteroatoms. The van der Waals surface area contributed by atoms with E-state index in [4.69, 9.17) is 0 Å². The summed E-state index contributed by atoms with van der Waals surface area (Å²) in [6.45, 7) is 7.82. The Morgan fingerprint density at radius 2 is 1.09 bits per heavy atom. The summed E-state index contributed by atoms with van der Waals surface area (Å²) < 4.78 is 0. The van der Waals surface area contributed by atoms with Crippen molar-refractivity contribution in [3.05, 3.63) is 72.9 Å². The molecule has 0 aliphatic heterocycles. The van der Waals surface area contributed by atoms with Crippen molar-refractivity contribution in [2.45, 2.75) is 162 Å². The molecule has 47 heavy (non-hydrogen) atoms. The monoisotopic (exact) mass is 647 g/mol. The number of unbranched alkanes of at least 4 members (excludes halogenated alkanes) is 14. The second-order valence-corrected chi connectivity index (χ2v) is 13.3. The quantitative estimate of drug-likeness (QED) is 0.0330. The third-order valence-electron chi connectivity index (χ3n) is 8.57. The van der Waals surface area contributed by atoms with Crippen molar-refractivity contribution >= 4 is 0 Å². The van der Waals surface area contributed by atoms with Gasteiger partial charge in [0.2, 0.25) is 0 Å². The lowest BCUT2D eigenvalue weighted by atomic mass is 9.96. The summed E-state index contributed by atoms with van der Waals surface area (Å²) in [6.07, 6.45) is 56.3. The Kier molecular flexibility index (Phi) is 38.3. The molecule has 0 aliphatic rings. The van der Waals surface area contributed by atoms with Crippen LogP contribution in [0.4, 0.5) is 0 Å². The third-order valence-corrected chi connectivity index (χ3v) is 8.57. The van der Waals surface area contributed by atoms with Crippen molar-refractivity contribution in [2.24, 2.45) is 5.92 Å². The van der Waals surface area contributed by atoms with Crippen LogP contribution in [0.15, 0.2) is 72.9 Å². The maximum absolute atomic E-state index is 3.53. The van der Waals surface area contributed by atoms with Gasteiger partial charge in [0.15, 0.2) is 0 Å². The van der Waals surface area contributed by atoms with Crippen LogP contribution in [0.25, 0.3) is 0 Å². The fraction of sp³-hybridized carbons (Fsp3) is 0.689. The number of nitrogens with zero attached hydrogens (tertiary/aromatic N) is 1. The van der Waals surface area contributed by atoms with E-state index in [2.05, 4.69) is 116 Å². The number of nitrogens with one attached hydrogen (secondary N) is 1. The lowest BCUT2D eigenvalue weighted by Gasteiger charge is -2.22. The zero-order valence-electron chi connectivity index (χ0n) is 31.8. The molecule has 0 radical (unpaired) electrons. The lowest BCUT2D eigenvalue weighted by molar-refractivity contribution is 0.267. The van der Waals surface area contributed by atoms with E-state index in [1.165, 1.54) is 122 Å². The first-order valence-electron chi connectivity index (χ1n) is 19.9. The predicted octanol–water partition coefficient (Wildman–Crippen LogP) is 13.1. The number of hydrogen-bond acceptors (Lipinski definition) is 2. The molecule has 0 heterocycles. The summed E-state index contributed by atoms with van der Waals surface area (Å²) in [4.78, 5) is 2.48. The molecular formula is C45H78N2. The van der Waals surface area contributed by atoms with Crippen LogP contribution in [0, 0.1) is 17.8 Å². The molecule has 0 saturated carbocycles. The number of likely N-dealkylation sites (N-methyl/N-ethyl adjacent to an activating group) is 2. The lowest BCUT2D eigenvalue weighted by Crippen LogP contribution is -2.31. The minimum atomic E-state index is 0.684. The van der Waals surface area contributed by atoms with Crippen molar-refractivity contribution in [2.75, 3.05) is 33.7 Å².